The standard InChI is InChI=1S/C36H42BN3O7/c1-23(2)34(36(43)39-32(37(44)45)21-25-14-18-29(47-4)19-15-25)40-35(42)31(20-24-12-16-28(46-3)17-13-24)38-33(41)22-27-10-7-9-26-8-5-6-11-30(26)27/h5-19,23,31-32,34,44-45H,20-22H2,1-4H3,(H,38,41)(H,39,43)(H,40,42)/t31-,32+,34-/m0/s1. The number of hydrogen-bond acceptors (Lipinski definition) is 7. The molecular formula is C36H42BN3O7. The fourth-order valence-electron chi connectivity index (χ4n) is 5.38. The first-order valence-corrected chi connectivity index (χ1v) is 15.6. The third-order valence-electron chi connectivity index (χ3n) is 8.03. The van der Waals surface area contributed by atoms with Crippen molar-refractivity contribution < 1.29 is 33.9 Å². The van der Waals surface area contributed by atoms with Crippen LogP contribution in [0.25, 0.3) is 10.8 Å². The van der Waals surface area contributed by atoms with Crippen molar-refractivity contribution in [1.29, 1.82) is 0 Å². The first-order chi connectivity index (χ1) is 22.6. The lowest BCUT2D eigenvalue weighted by Crippen LogP contribution is -2.59. The molecule has 10 nitrogen and oxygen atoms in total. The normalized spacial score (nSPS) is 12.9. The molecule has 4 aromatic carbocycles. The number of carbonyl (C=O) groups excluding carboxylic acids is 3. The van der Waals surface area contributed by atoms with Gasteiger partial charge in [-0.25, -0.2) is 0 Å². The maximum absolute atomic E-state index is 13.8. The van der Waals surface area contributed by atoms with Gasteiger partial charge in [-0.2, -0.15) is 0 Å². The van der Waals surface area contributed by atoms with Crippen LogP contribution in [0.5, 0.6) is 11.5 Å². The van der Waals surface area contributed by atoms with E-state index in [-0.39, 0.29) is 31.1 Å². The van der Waals surface area contributed by atoms with Gasteiger partial charge in [0, 0.05) is 6.42 Å². The van der Waals surface area contributed by atoms with Crippen molar-refractivity contribution in [3.8, 4) is 11.5 Å². The van der Waals surface area contributed by atoms with E-state index in [0.717, 1.165) is 27.5 Å². The van der Waals surface area contributed by atoms with Crippen LogP contribution in [0.2, 0.25) is 0 Å². The number of hydrogen-bond donors (Lipinski definition) is 5. The Bertz CT molecular complexity index is 1640. The molecule has 3 atom stereocenters. The molecule has 0 fully saturated rings. The molecule has 0 spiro atoms. The molecule has 11 heteroatoms. The number of rotatable bonds is 15. The zero-order valence-corrected chi connectivity index (χ0v) is 27.1. The van der Waals surface area contributed by atoms with Gasteiger partial charge in [-0.15, -0.1) is 0 Å². The minimum Gasteiger partial charge on any atom is -0.497 e. The van der Waals surface area contributed by atoms with Crippen LogP contribution in [-0.4, -0.2) is 67.1 Å². The Morgan fingerprint density at radius 3 is 1.85 bits per heavy atom. The molecule has 0 saturated carbocycles. The summed E-state index contributed by atoms with van der Waals surface area (Å²) in [7, 11) is 1.27. The molecule has 47 heavy (non-hydrogen) atoms. The molecule has 0 radical (unpaired) electrons. The summed E-state index contributed by atoms with van der Waals surface area (Å²) in [6, 6.07) is 25.7. The van der Waals surface area contributed by atoms with Gasteiger partial charge in [0.05, 0.1) is 26.6 Å². The summed E-state index contributed by atoms with van der Waals surface area (Å²) in [4.78, 5) is 40.7. The van der Waals surface area contributed by atoms with Gasteiger partial charge in [-0.3, -0.25) is 14.4 Å². The van der Waals surface area contributed by atoms with Gasteiger partial charge < -0.3 is 35.5 Å². The van der Waals surface area contributed by atoms with Gasteiger partial charge in [0.25, 0.3) is 0 Å². The van der Waals surface area contributed by atoms with Gasteiger partial charge in [0.15, 0.2) is 0 Å². The van der Waals surface area contributed by atoms with Crippen LogP contribution < -0.4 is 25.4 Å². The second-order valence-corrected chi connectivity index (χ2v) is 11.8. The van der Waals surface area contributed by atoms with E-state index >= 15 is 0 Å². The molecule has 0 saturated heterocycles. The smallest absolute Gasteiger partial charge is 0.475 e. The highest BCUT2D eigenvalue weighted by molar-refractivity contribution is 6.43. The van der Waals surface area contributed by atoms with Crippen molar-refractivity contribution in [2.45, 2.75) is 51.1 Å². The maximum atomic E-state index is 13.8. The van der Waals surface area contributed by atoms with E-state index in [1.807, 2.05) is 54.6 Å². The highest BCUT2D eigenvalue weighted by Crippen LogP contribution is 2.20. The van der Waals surface area contributed by atoms with E-state index in [1.165, 1.54) is 0 Å². The first kappa shape index (κ1) is 35.0. The Hall–Kier alpha value is -4.87. The third-order valence-corrected chi connectivity index (χ3v) is 8.03. The second kappa shape index (κ2) is 16.6. The molecular weight excluding hydrogens is 597 g/mol. The molecule has 0 unspecified atom stereocenters. The Kier molecular flexibility index (Phi) is 12.4. The number of nitrogens with one attached hydrogen (secondary N) is 3. The van der Waals surface area contributed by atoms with Gasteiger partial charge in [0.2, 0.25) is 17.7 Å². The molecule has 0 aliphatic rings. The van der Waals surface area contributed by atoms with Crippen LogP contribution in [0.1, 0.15) is 30.5 Å². The van der Waals surface area contributed by atoms with Crippen molar-refractivity contribution in [2.24, 2.45) is 5.92 Å². The molecule has 4 aromatic rings. The summed E-state index contributed by atoms with van der Waals surface area (Å²) in [5, 5.41) is 30.5. The van der Waals surface area contributed by atoms with Gasteiger partial charge in [0.1, 0.15) is 23.6 Å². The van der Waals surface area contributed by atoms with E-state index in [4.69, 9.17) is 9.47 Å². The lowest BCUT2D eigenvalue weighted by atomic mass is 9.75. The molecule has 0 aliphatic heterocycles. The summed E-state index contributed by atoms with van der Waals surface area (Å²) in [6.45, 7) is 3.55. The summed E-state index contributed by atoms with van der Waals surface area (Å²) >= 11 is 0. The van der Waals surface area contributed by atoms with Crippen LogP contribution in [0.15, 0.2) is 91.0 Å². The topological polar surface area (TPSA) is 146 Å². The van der Waals surface area contributed by atoms with Crippen molar-refractivity contribution in [3.63, 3.8) is 0 Å². The molecule has 0 aromatic heterocycles. The molecule has 3 amide bonds. The minimum atomic E-state index is -1.85. The summed E-state index contributed by atoms with van der Waals surface area (Å²) in [5.74, 6) is -1.56. The fourth-order valence-corrected chi connectivity index (χ4v) is 5.38. The number of ether oxygens (including phenoxy) is 2. The van der Waals surface area contributed by atoms with Crippen LogP contribution >= 0.6 is 0 Å². The molecule has 5 N–H and O–H groups in total. The van der Waals surface area contributed by atoms with Crippen LogP contribution in [-0.2, 0) is 33.6 Å². The molecule has 0 aliphatic carbocycles. The van der Waals surface area contributed by atoms with Crippen molar-refractivity contribution in [1.82, 2.24) is 16.0 Å². The largest absolute Gasteiger partial charge is 0.497 e. The monoisotopic (exact) mass is 639 g/mol. The Balaban J connectivity index is 1.51. The Morgan fingerprint density at radius 2 is 1.28 bits per heavy atom. The van der Waals surface area contributed by atoms with Crippen molar-refractivity contribution in [3.05, 3.63) is 108 Å². The number of benzene rings is 4. The number of amides is 3. The fraction of sp³-hybridized carbons (Fsp3) is 0.306. The molecule has 4 rings (SSSR count). The average Bonchev–Trinajstić information content (AvgIpc) is 3.07. The van der Waals surface area contributed by atoms with E-state index in [2.05, 4.69) is 16.0 Å². The van der Waals surface area contributed by atoms with E-state index in [1.54, 1.807) is 64.5 Å². The highest BCUT2D eigenvalue weighted by Gasteiger charge is 2.33. The average molecular weight is 640 g/mol. The van der Waals surface area contributed by atoms with Gasteiger partial charge >= 0.3 is 7.12 Å². The van der Waals surface area contributed by atoms with E-state index in [9.17, 15) is 24.4 Å². The number of methoxy groups -OCH3 is 2. The van der Waals surface area contributed by atoms with Crippen LogP contribution in [0.3, 0.4) is 0 Å². The maximum Gasteiger partial charge on any atom is 0.475 e. The molecule has 0 bridgehead atoms. The second-order valence-electron chi connectivity index (χ2n) is 11.8. The summed E-state index contributed by atoms with van der Waals surface area (Å²) in [5.41, 5.74) is 2.36. The number of carbonyl (C=O) groups is 3. The SMILES string of the molecule is COc1ccc(C[C@H](NC(=O)Cc2cccc3ccccc23)C(=O)N[C@H](C(=O)N[C@H](Cc2ccc(OC)cc2)B(O)O)C(C)C)cc1. The van der Waals surface area contributed by atoms with Crippen LogP contribution in [0, 0.1) is 5.92 Å². The van der Waals surface area contributed by atoms with Gasteiger partial charge in [-0.05, 0) is 64.1 Å². The Morgan fingerprint density at radius 1 is 0.702 bits per heavy atom. The number of fused-ring (bicyclic) bond motifs is 1. The predicted molar refractivity (Wildman–Crippen MR) is 182 cm³/mol. The summed E-state index contributed by atoms with van der Waals surface area (Å²) in [6.07, 6.45) is 0.360. The Labute approximate surface area is 275 Å². The predicted octanol–water partition coefficient (Wildman–Crippen LogP) is 3.01. The first-order valence-electron chi connectivity index (χ1n) is 15.6. The lowest BCUT2D eigenvalue weighted by Gasteiger charge is -2.27. The lowest BCUT2D eigenvalue weighted by molar-refractivity contribution is -0.132. The minimum absolute atomic E-state index is 0.0588. The third kappa shape index (κ3) is 9.81. The summed E-state index contributed by atoms with van der Waals surface area (Å²) < 4.78 is 10.4. The zero-order chi connectivity index (χ0) is 33.9. The molecule has 0 heterocycles. The van der Waals surface area contributed by atoms with Gasteiger partial charge in [-0.1, -0.05) is 80.6 Å². The van der Waals surface area contributed by atoms with Crippen LogP contribution in [0.4, 0.5) is 0 Å². The van der Waals surface area contributed by atoms with Crippen molar-refractivity contribution >= 4 is 35.6 Å². The zero-order valence-electron chi connectivity index (χ0n) is 27.1. The quantitative estimate of drug-likeness (QED) is 0.126. The van der Waals surface area contributed by atoms with E-state index < -0.39 is 37.0 Å². The highest BCUT2D eigenvalue weighted by atomic mass is 16.5. The van der Waals surface area contributed by atoms with E-state index in [0.29, 0.717) is 11.5 Å². The molecule has 246 valence electrons. The van der Waals surface area contributed by atoms with Crippen molar-refractivity contribution in [2.75, 3.05) is 14.2 Å².